The molecule has 6 rings (SSSR count). The number of H-pyrrole nitrogens is 1. The van der Waals surface area contributed by atoms with Crippen LogP contribution in [0.2, 0.25) is 0 Å². The van der Waals surface area contributed by atoms with Gasteiger partial charge in [-0.3, -0.25) is 9.59 Å². The van der Waals surface area contributed by atoms with E-state index in [4.69, 9.17) is 19.9 Å². The van der Waals surface area contributed by atoms with Crippen LogP contribution in [0.1, 0.15) is 93.5 Å². The largest absolute Gasteiger partial charge is 0.467 e. The Morgan fingerprint density at radius 3 is 1.95 bits per heavy atom. The van der Waals surface area contributed by atoms with E-state index in [2.05, 4.69) is 84.2 Å². The molecule has 3 amide bonds. The van der Waals surface area contributed by atoms with Crippen molar-refractivity contribution in [3.63, 3.8) is 0 Å². The first-order valence-electron chi connectivity index (χ1n) is 22.9. The van der Waals surface area contributed by atoms with E-state index in [1.807, 2.05) is 26.0 Å². The summed E-state index contributed by atoms with van der Waals surface area (Å²) >= 11 is 0. The van der Waals surface area contributed by atoms with Crippen LogP contribution < -0.4 is 31.5 Å². The molecule has 16 heteroatoms. The van der Waals surface area contributed by atoms with Crippen molar-refractivity contribution in [2.45, 2.75) is 129 Å². The van der Waals surface area contributed by atoms with Crippen LogP contribution in [0.25, 0.3) is 0 Å². The number of amides is 3. The number of hydrogen-bond acceptors (Lipinski definition) is 12. The molecule has 4 aromatic rings. The van der Waals surface area contributed by atoms with Gasteiger partial charge in [-0.15, -0.1) is 0 Å². The molecule has 1 aromatic heterocycles. The maximum atomic E-state index is 13.6. The summed E-state index contributed by atoms with van der Waals surface area (Å²) in [6.45, 7) is 13.2. The molecule has 0 unspecified atom stereocenters. The van der Waals surface area contributed by atoms with Gasteiger partial charge in [0.25, 0.3) is 0 Å². The molecule has 0 fully saturated rings. The molecule has 354 valence electrons. The summed E-state index contributed by atoms with van der Waals surface area (Å²) in [6, 6.07) is 18.1. The number of benzene rings is 3. The van der Waals surface area contributed by atoms with Crippen LogP contribution in [0.4, 0.5) is 16.2 Å². The Labute approximate surface area is 387 Å². The number of hydrogen-bond donors (Lipinski definition) is 5. The summed E-state index contributed by atoms with van der Waals surface area (Å²) in [5.41, 5.74) is 15.6. The van der Waals surface area contributed by atoms with Crippen LogP contribution in [0, 0.1) is 5.92 Å². The minimum absolute atomic E-state index is 0.121. The van der Waals surface area contributed by atoms with Crippen molar-refractivity contribution in [1.29, 1.82) is 0 Å². The predicted molar refractivity (Wildman–Crippen MR) is 251 cm³/mol. The molecule has 4 atom stereocenters. The van der Waals surface area contributed by atoms with Gasteiger partial charge in [0.15, 0.2) is 0 Å². The summed E-state index contributed by atoms with van der Waals surface area (Å²) in [7, 11) is 1.30. The first-order valence-corrected chi connectivity index (χ1v) is 22.9. The number of ether oxygens (including phenoxy) is 3. The molecule has 0 saturated carbocycles. The number of alkyl carbamates (subject to hydrolysis) is 1. The van der Waals surface area contributed by atoms with Crippen molar-refractivity contribution in [3.05, 3.63) is 112 Å². The topological polar surface area (TPSA) is 210 Å². The summed E-state index contributed by atoms with van der Waals surface area (Å²) in [4.78, 5) is 76.1. The van der Waals surface area contributed by atoms with E-state index in [9.17, 15) is 24.0 Å². The Kier molecular flexibility index (Phi) is 16.5. The van der Waals surface area contributed by atoms with E-state index in [-0.39, 0.29) is 24.9 Å². The zero-order chi connectivity index (χ0) is 47.5. The highest BCUT2D eigenvalue weighted by molar-refractivity contribution is 5.90. The van der Waals surface area contributed by atoms with E-state index in [1.54, 1.807) is 33.9 Å². The number of methoxy groups -OCH3 is 1. The first-order chi connectivity index (χ1) is 31.5. The lowest BCUT2D eigenvalue weighted by Crippen LogP contribution is -2.53. The zero-order valence-corrected chi connectivity index (χ0v) is 39.3. The zero-order valence-electron chi connectivity index (χ0n) is 39.3. The number of rotatable bonds is 20. The molecule has 2 aliphatic rings. The third-order valence-electron chi connectivity index (χ3n) is 11.8. The van der Waals surface area contributed by atoms with Crippen molar-refractivity contribution in [2.75, 3.05) is 30.2 Å². The molecule has 2 aliphatic heterocycles. The quantitative estimate of drug-likeness (QED) is 0.0574. The summed E-state index contributed by atoms with van der Waals surface area (Å²) in [6.07, 6.45) is 6.20. The van der Waals surface area contributed by atoms with Gasteiger partial charge in [-0.25, -0.2) is 19.4 Å². The second-order valence-electron chi connectivity index (χ2n) is 18.5. The number of nitrogens with zero attached hydrogens (tertiary/aromatic N) is 3. The van der Waals surface area contributed by atoms with Gasteiger partial charge in [0.2, 0.25) is 11.8 Å². The van der Waals surface area contributed by atoms with Gasteiger partial charge < -0.3 is 50.7 Å². The Hall–Kier alpha value is -6.42. The van der Waals surface area contributed by atoms with Crippen LogP contribution in [0.5, 0.6) is 0 Å². The average molecular weight is 907 g/mol. The van der Waals surface area contributed by atoms with Crippen LogP contribution >= 0.6 is 0 Å². The number of carbonyl (C=O) groups is 5. The molecule has 2 bridgehead atoms. The van der Waals surface area contributed by atoms with Gasteiger partial charge in [0.1, 0.15) is 23.7 Å². The Bertz CT molecular complexity index is 2310. The normalized spacial score (nSPS) is 14.8. The monoisotopic (exact) mass is 907 g/mol. The number of anilines is 2. The molecule has 0 radical (unpaired) electrons. The highest BCUT2D eigenvalue weighted by Gasteiger charge is 2.32. The lowest BCUT2D eigenvalue weighted by Gasteiger charge is -2.45. The second-order valence-corrected chi connectivity index (χ2v) is 18.5. The number of aromatic nitrogens is 2. The van der Waals surface area contributed by atoms with Crippen LogP contribution in [-0.4, -0.2) is 90.0 Å². The molecule has 16 nitrogen and oxygen atoms in total. The summed E-state index contributed by atoms with van der Waals surface area (Å²) < 4.78 is 15.6. The second kappa shape index (κ2) is 22.2. The fraction of sp³-hybridized carbons (Fsp3) is 0.480. The molecule has 0 saturated heterocycles. The van der Waals surface area contributed by atoms with Gasteiger partial charge in [-0.05, 0) is 118 Å². The van der Waals surface area contributed by atoms with Crippen molar-refractivity contribution >= 4 is 41.2 Å². The number of aromatic amines is 1. The summed E-state index contributed by atoms with van der Waals surface area (Å²) in [5, 5.41) is 8.22. The molecule has 3 heterocycles. The Morgan fingerprint density at radius 2 is 1.38 bits per heavy atom. The van der Waals surface area contributed by atoms with Gasteiger partial charge in [-0.1, -0.05) is 62.4 Å². The number of fused-ring (bicyclic) bond motifs is 6. The van der Waals surface area contributed by atoms with E-state index in [1.165, 1.54) is 47.1 Å². The van der Waals surface area contributed by atoms with Crippen LogP contribution in [0.15, 0.2) is 73.2 Å². The SMILES string of the molecule is CCOC(=O)[C@H](CCCc1ccc2c(c1)CN1CN2Cc2cc(CCc3ccc(C[C@H](N)C(=O)N[C@H](C(=O)OC)C(C)C)cc3)ccc21)NC(=O)[C@H](Cc1cnc[nH]1)NC(=O)OC(C)(C)C. The van der Waals surface area contributed by atoms with Gasteiger partial charge >= 0.3 is 18.0 Å². The molecule has 0 spiro atoms. The number of nitrogens with two attached hydrogens (primary N) is 1. The number of imidazole rings is 1. The third kappa shape index (κ3) is 13.3. The first kappa shape index (κ1) is 49.0. The van der Waals surface area contributed by atoms with Gasteiger partial charge in [-0.2, -0.15) is 0 Å². The Balaban J connectivity index is 1.02. The molecule has 3 aromatic carbocycles. The predicted octanol–water partition coefficient (Wildman–Crippen LogP) is 5.18. The van der Waals surface area contributed by atoms with Gasteiger partial charge in [0.05, 0.1) is 32.8 Å². The molecule has 6 N–H and O–H groups in total. The molecular formula is C50H66N8O8. The van der Waals surface area contributed by atoms with E-state index >= 15 is 0 Å². The van der Waals surface area contributed by atoms with Crippen molar-refractivity contribution in [3.8, 4) is 0 Å². The standard InChI is InChI=1S/C50H66N8O8/c1-8-65-47(61)40(54-46(60)41(25-38-26-52-29-53-38)55-49(63)66-50(4,5)6)11-9-10-33-18-20-42-36(22-33)27-57-30-58(42)28-37-23-34(19-21-43(37)57)15-12-32-13-16-35(17-14-32)24-39(51)45(59)56-44(31(2)3)48(62)64-7/h13-14,16-23,26,29,31,39-41,44H,8-12,15,24-25,27-28,30,51H2,1-7H3,(H,52,53)(H,54,60)(H,55,63)(H,56,59)/t39-,40-,41-,44-/m0/s1. The van der Waals surface area contributed by atoms with Crippen LogP contribution in [0.3, 0.4) is 0 Å². The van der Waals surface area contributed by atoms with E-state index in [0.717, 1.165) is 43.7 Å². The van der Waals surface area contributed by atoms with Crippen molar-refractivity contribution < 1.29 is 38.2 Å². The molecular weight excluding hydrogens is 841 g/mol. The number of carbonyl (C=O) groups excluding carboxylic acids is 5. The van der Waals surface area contributed by atoms with Crippen molar-refractivity contribution in [1.82, 2.24) is 25.9 Å². The molecule has 0 aliphatic carbocycles. The third-order valence-corrected chi connectivity index (χ3v) is 11.8. The van der Waals surface area contributed by atoms with Crippen molar-refractivity contribution in [2.24, 2.45) is 11.7 Å². The van der Waals surface area contributed by atoms with Crippen LogP contribution in [-0.2, 0) is 78.6 Å². The lowest BCUT2D eigenvalue weighted by atomic mass is 9.95. The lowest BCUT2D eigenvalue weighted by molar-refractivity contribution is -0.148. The van der Waals surface area contributed by atoms with E-state index in [0.29, 0.717) is 31.4 Å². The number of nitrogens with one attached hydrogen (secondary N) is 4. The summed E-state index contributed by atoms with van der Waals surface area (Å²) in [5.74, 6) is -2.06. The fourth-order valence-electron chi connectivity index (χ4n) is 8.41. The highest BCUT2D eigenvalue weighted by Crippen LogP contribution is 2.39. The molecule has 66 heavy (non-hydrogen) atoms. The maximum absolute atomic E-state index is 13.6. The minimum Gasteiger partial charge on any atom is -0.467 e. The maximum Gasteiger partial charge on any atom is 0.408 e. The fourth-order valence-corrected chi connectivity index (χ4v) is 8.41. The van der Waals surface area contributed by atoms with Gasteiger partial charge in [0, 0.05) is 42.8 Å². The number of aryl methyl sites for hydroxylation is 3. The average Bonchev–Trinajstić information content (AvgIpc) is 3.79. The Morgan fingerprint density at radius 1 is 0.773 bits per heavy atom. The van der Waals surface area contributed by atoms with E-state index < -0.39 is 53.7 Å². The smallest absolute Gasteiger partial charge is 0.408 e. The minimum atomic E-state index is -1.02. The highest BCUT2D eigenvalue weighted by atomic mass is 16.6. The number of esters is 2.